The summed E-state index contributed by atoms with van der Waals surface area (Å²) in [6, 6.07) is 18.9. The Bertz CT molecular complexity index is 1210. The highest BCUT2D eigenvalue weighted by Crippen LogP contribution is 2.34. The number of hydrogen-bond donors (Lipinski definition) is 1. The van der Waals surface area contributed by atoms with Crippen molar-refractivity contribution < 1.29 is 17.9 Å². The minimum Gasteiger partial charge on any atom is -0.496 e. The second kappa shape index (κ2) is 8.12. The van der Waals surface area contributed by atoms with Crippen LogP contribution in [0.2, 0.25) is 0 Å². The summed E-state index contributed by atoms with van der Waals surface area (Å²) in [7, 11) is -2.38. The molecule has 0 aromatic heterocycles. The van der Waals surface area contributed by atoms with Gasteiger partial charge >= 0.3 is 0 Å². The van der Waals surface area contributed by atoms with Gasteiger partial charge in [-0.1, -0.05) is 34.1 Å². The summed E-state index contributed by atoms with van der Waals surface area (Å²) in [6.07, 6.45) is 0.655. The first-order chi connectivity index (χ1) is 14.4. The van der Waals surface area contributed by atoms with E-state index in [9.17, 15) is 13.2 Å². The van der Waals surface area contributed by atoms with Gasteiger partial charge in [0.1, 0.15) is 5.75 Å². The Hall–Kier alpha value is -2.84. The van der Waals surface area contributed by atoms with E-state index in [1.165, 1.54) is 29.6 Å². The smallest absolute Gasteiger partial charge is 0.264 e. The highest BCUT2D eigenvalue weighted by molar-refractivity contribution is 9.10. The van der Waals surface area contributed by atoms with Crippen LogP contribution in [0.4, 0.5) is 11.4 Å². The lowest BCUT2D eigenvalue weighted by atomic mass is 10.2. The molecular formula is C22H19BrN2O4S. The number of anilines is 2. The number of sulfonamides is 1. The third kappa shape index (κ3) is 3.80. The molecule has 0 atom stereocenters. The van der Waals surface area contributed by atoms with Crippen LogP contribution in [-0.2, 0) is 16.4 Å². The summed E-state index contributed by atoms with van der Waals surface area (Å²) < 4.78 is 34.2. The lowest BCUT2D eigenvalue weighted by Gasteiger charge is -2.20. The van der Waals surface area contributed by atoms with E-state index < -0.39 is 15.9 Å². The van der Waals surface area contributed by atoms with Crippen LogP contribution in [0, 0.1) is 0 Å². The van der Waals surface area contributed by atoms with Crippen LogP contribution < -0.4 is 14.4 Å². The van der Waals surface area contributed by atoms with Crippen LogP contribution in [-0.4, -0.2) is 28.0 Å². The maximum absolute atomic E-state index is 13.3. The van der Waals surface area contributed by atoms with Crippen molar-refractivity contribution in [1.29, 1.82) is 0 Å². The number of carbonyl (C=O) groups excluding carboxylic acids is 1. The molecule has 1 amide bonds. The number of methoxy groups -OCH3 is 1. The monoisotopic (exact) mass is 486 g/mol. The molecule has 3 aromatic rings. The molecule has 1 aliphatic rings. The van der Waals surface area contributed by atoms with Crippen LogP contribution in [0.5, 0.6) is 5.75 Å². The van der Waals surface area contributed by atoms with Crippen molar-refractivity contribution in [2.45, 2.75) is 11.3 Å². The normalized spacial score (nSPS) is 13.1. The van der Waals surface area contributed by atoms with E-state index in [1.54, 1.807) is 30.3 Å². The maximum Gasteiger partial charge on any atom is 0.264 e. The van der Waals surface area contributed by atoms with Gasteiger partial charge in [0.2, 0.25) is 0 Å². The average Bonchev–Trinajstić information content (AvgIpc) is 3.20. The average molecular weight is 487 g/mol. The Kier molecular flexibility index (Phi) is 5.53. The van der Waals surface area contributed by atoms with Gasteiger partial charge in [-0.15, -0.1) is 0 Å². The third-order valence-corrected chi connectivity index (χ3v) is 7.29. The van der Waals surface area contributed by atoms with Crippen LogP contribution >= 0.6 is 15.9 Å². The quantitative estimate of drug-likeness (QED) is 0.577. The van der Waals surface area contributed by atoms with Gasteiger partial charge < -0.3 is 10.1 Å². The third-order valence-electron chi connectivity index (χ3n) is 4.95. The highest BCUT2D eigenvalue weighted by atomic mass is 79.9. The first kappa shape index (κ1) is 20.4. The predicted molar refractivity (Wildman–Crippen MR) is 120 cm³/mol. The fraction of sp³-hybridized carbons (Fsp3) is 0.136. The van der Waals surface area contributed by atoms with Gasteiger partial charge in [0.05, 0.1) is 23.3 Å². The van der Waals surface area contributed by atoms with Crippen molar-refractivity contribution >= 4 is 43.2 Å². The van der Waals surface area contributed by atoms with E-state index >= 15 is 0 Å². The van der Waals surface area contributed by atoms with Crippen molar-refractivity contribution in [2.24, 2.45) is 0 Å². The van der Waals surface area contributed by atoms with Crippen LogP contribution in [0.3, 0.4) is 0 Å². The van der Waals surface area contributed by atoms with Gasteiger partial charge in [-0.2, -0.15) is 0 Å². The molecule has 154 valence electrons. The summed E-state index contributed by atoms with van der Waals surface area (Å²) in [4.78, 5) is 12.9. The van der Waals surface area contributed by atoms with E-state index in [4.69, 9.17) is 4.74 Å². The van der Waals surface area contributed by atoms with E-state index in [1.807, 2.05) is 18.2 Å². The second-order valence-electron chi connectivity index (χ2n) is 6.78. The van der Waals surface area contributed by atoms with Crippen LogP contribution in [0.1, 0.15) is 15.9 Å². The first-order valence-corrected chi connectivity index (χ1v) is 11.5. The van der Waals surface area contributed by atoms with Crippen molar-refractivity contribution in [1.82, 2.24) is 0 Å². The number of amides is 1. The standard InChI is InChI=1S/C22H19BrN2O4S/c1-29-21-11-10-18(14-19(21)22(26)24-17-8-6-16(23)7-9-17)30(27,28)25-13-12-15-4-2-3-5-20(15)25/h2-11,14H,12-13H2,1H3,(H,24,26). The molecule has 0 fully saturated rings. The maximum atomic E-state index is 13.3. The Morgan fingerprint density at radius 3 is 2.53 bits per heavy atom. The summed E-state index contributed by atoms with van der Waals surface area (Å²) in [6.45, 7) is 0.369. The van der Waals surface area contributed by atoms with Crippen molar-refractivity contribution in [3.05, 3.63) is 82.3 Å². The molecule has 0 saturated heterocycles. The highest BCUT2D eigenvalue weighted by Gasteiger charge is 2.31. The fourth-order valence-electron chi connectivity index (χ4n) is 3.44. The molecule has 4 rings (SSSR count). The zero-order valence-corrected chi connectivity index (χ0v) is 18.5. The molecule has 0 saturated carbocycles. The Balaban J connectivity index is 1.69. The number of ether oxygens (including phenoxy) is 1. The van der Waals surface area contributed by atoms with Gasteiger partial charge in [0.25, 0.3) is 15.9 Å². The number of hydrogen-bond acceptors (Lipinski definition) is 4. The minimum atomic E-state index is -3.82. The number of nitrogens with zero attached hydrogens (tertiary/aromatic N) is 1. The number of rotatable bonds is 5. The number of fused-ring (bicyclic) bond motifs is 1. The van der Waals surface area contributed by atoms with Crippen LogP contribution in [0.15, 0.2) is 76.1 Å². The Morgan fingerprint density at radius 2 is 1.80 bits per heavy atom. The summed E-state index contributed by atoms with van der Waals surface area (Å²) in [5.74, 6) is -0.154. The molecule has 0 unspecified atom stereocenters. The zero-order chi connectivity index (χ0) is 21.3. The van der Waals surface area contributed by atoms with Crippen LogP contribution in [0.25, 0.3) is 0 Å². The number of halogens is 1. The second-order valence-corrected chi connectivity index (χ2v) is 9.56. The SMILES string of the molecule is COc1ccc(S(=O)(=O)N2CCc3ccccc32)cc1C(=O)Nc1ccc(Br)cc1. The van der Waals surface area contributed by atoms with Gasteiger partial charge in [-0.25, -0.2) is 8.42 Å². The molecule has 6 nitrogen and oxygen atoms in total. The van der Waals surface area contributed by atoms with Gasteiger partial charge in [-0.3, -0.25) is 9.10 Å². The van der Waals surface area contributed by atoms with E-state index in [-0.39, 0.29) is 10.5 Å². The lowest BCUT2D eigenvalue weighted by molar-refractivity contribution is 0.102. The summed E-state index contributed by atoms with van der Waals surface area (Å²) in [5.41, 5.74) is 2.40. The van der Waals surface area contributed by atoms with Crippen molar-refractivity contribution in [3.63, 3.8) is 0 Å². The largest absolute Gasteiger partial charge is 0.496 e. The number of para-hydroxylation sites is 1. The molecule has 0 bridgehead atoms. The number of nitrogens with one attached hydrogen (secondary N) is 1. The Labute approximate surface area is 183 Å². The van der Waals surface area contributed by atoms with Gasteiger partial charge in [0, 0.05) is 16.7 Å². The molecule has 3 aromatic carbocycles. The summed E-state index contributed by atoms with van der Waals surface area (Å²) in [5, 5.41) is 2.78. The van der Waals surface area contributed by atoms with Gasteiger partial charge in [-0.05, 0) is 60.5 Å². The van der Waals surface area contributed by atoms with Crippen molar-refractivity contribution in [2.75, 3.05) is 23.3 Å². The van der Waals surface area contributed by atoms with E-state index in [2.05, 4.69) is 21.2 Å². The lowest BCUT2D eigenvalue weighted by Crippen LogP contribution is -2.29. The van der Waals surface area contributed by atoms with Crippen molar-refractivity contribution in [3.8, 4) is 5.75 Å². The van der Waals surface area contributed by atoms with E-state index in [0.717, 1.165) is 10.0 Å². The molecule has 1 N–H and O–H groups in total. The van der Waals surface area contributed by atoms with Gasteiger partial charge in [0.15, 0.2) is 0 Å². The zero-order valence-electron chi connectivity index (χ0n) is 16.1. The molecular weight excluding hydrogens is 468 g/mol. The molecule has 0 aliphatic carbocycles. The fourth-order valence-corrected chi connectivity index (χ4v) is 5.24. The molecule has 1 aliphatic heterocycles. The topological polar surface area (TPSA) is 75.7 Å². The first-order valence-electron chi connectivity index (χ1n) is 9.26. The summed E-state index contributed by atoms with van der Waals surface area (Å²) >= 11 is 3.35. The predicted octanol–water partition coefficient (Wildman–Crippen LogP) is 4.46. The Morgan fingerprint density at radius 1 is 1.07 bits per heavy atom. The number of carbonyl (C=O) groups is 1. The molecule has 0 spiro atoms. The number of benzene rings is 3. The van der Waals surface area contributed by atoms with E-state index in [0.29, 0.717) is 30.1 Å². The molecule has 0 radical (unpaired) electrons. The molecule has 30 heavy (non-hydrogen) atoms. The molecule has 1 heterocycles. The minimum absolute atomic E-state index is 0.0426. The molecule has 8 heteroatoms.